The summed E-state index contributed by atoms with van der Waals surface area (Å²) in [7, 11) is 0. The topological polar surface area (TPSA) is 46.2 Å². The highest BCUT2D eigenvalue weighted by molar-refractivity contribution is 6.39. The minimum atomic E-state index is -0.559. The van der Waals surface area contributed by atoms with Gasteiger partial charge in [-0.1, -0.05) is 6.07 Å². The van der Waals surface area contributed by atoms with Crippen molar-refractivity contribution in [2.24, 2.45) is 0 Å². The van der Waals surface area contributed by atoms with Crippen LogP contribution in [0.4, 0.5) is 5.69 Å². The molecular weight excluding hydrogens is 202 g/mol. The van der Waals surface area contributed by atoms with Gasteiger partial charge in [-0.2, -0.15) is 0 Å². The smallest absolute Gasteiger partial charge is 0.291 e. The molecule has 3 heteroatoms. The van der Waals surface area contributed by atoms with Crippen molar-refractivity contribution in [1.82, 2.24) is 0 Å². The molecule has 3 nitrogen and oxygen atoms in total. The lowest BCUT2D eigenvalue weighted by Gasteiger charge is -2.15. The van der Waals surface area contributed by atoms with Crippen molar-refractivity contribution in [3.05, 3.63) is 28.3 Å². The zero-order valence-electron chi connectivity index (χ0n) is 10.4. The normalized spacial score (nSPS) is 10.1. The lowest BCUT2D eigenvalue weighted by molar-refractivity contribution is -0.133. The molecule has 0 atom stereocenters. The van der Waals surface area contributed by atoms with Gasteiger partial charge in [-0.25, -0.2) is 0 Å². The van der Waals surface area contributed by atoms with E-state index in [1.165, 1.54) is 6.92 Å². The van der Waals surface area contributed by atoms with Crippen LogP contribution in [-0.2, 0) is 9.59 Å². The summed E-state index contributed by atoms with van der Waals surface area (Å²) >= 11 is 0. The summed E-state index contributed by atoms with van der Waals surface area (Å²) in [5, 5.41) is 2.67. The number of nitrogens with one attached hydrogen (secondary N) is 1. The summed E-state index contributed by atoms with van der Waals surface area (Å²) in [4.78, 5) is 22.3. The molecule has 0 aliphatic heterocycles. The number of rotatable bonds is 2. The number of hydrogen-bond donors (Lipinski definition) is 1. The van der Waals surface area contributed by atoms with Gasteiger partial charge in [-0.3, -0.25) is 9.59 Å². The number of benzene rings is 1. The molecule has 0 fully saturated rings. The van der Waals surface area contributed by atoms with Gasteiger partial charge in [0.05, 0.1) is 0 Å². The van der Waals surface area contributed by atoms with E-state index < -0.39 is 11.7 Å². The van der Waals surface area contributed by atoms with Crippen LogP contribution in [0.2, 0.25) is 0 Å². The van der Waals surface area contributed by atoms with E-state index in [9.17, 15) is 9.59 Å². The van der Waals surface area contributed by atoms with Crippen LogP contribution in [0.1, 0.15) is 29.2 Å². The molecule has 1 N–H and O–H groups in total. The van der Waals surface area contributed by atoms with E-state index in [2.05, 4.69) is 11.4 Å². The molecule has 0 radical (unpaired) electrons. The van der Waals surface area contributed by atoms with E-state index in [0.29, 0.717) is 0 Å². The lowest BCUT2D eigenvalue weighted by Crippen LogP contribution is -2.21. The minimum absolute atomic E-state index is 0.474. The Morgan fingerprint density at radius 3 is 1.81 bits per heavy atom. The van der Waals surface area contributed by atoms with Crippen molar-refractivity contribution in [3.63, 3.8) is 0 Å². The third-order valence-electron chi connectivity index (χ3n) is 2.92. The average Bonchev–Trinajstić information content (AvgIpc) is 2.21. The first-order valence-corrected chi connectivity index (χ1v) is 5.24. The molecule has 0 heterocycles. The summed E-state index contributed by atoms with van der Waals surface area (Å²) in [6, 6.07) is 2.08. The second-order valence-electron chi connectivity index (χ2n) is 4.15. The summed E-state index contributed by atoms with van der Waals surface area (Å²) in [6.45, 7) is 9.13. The molecule has 1 aromatic rings. The van der Waals surface area contributed by atoms with E-state index in [1.54, 1.807) is 0 Å². The molecule has 1 amide bonds. The molecule has 0 bridgehead atoms. The summed E-state index contributed by atoms with van der Waals surface area (Å²) in [5.41, 5.74) is 5.01. The highest BCUT2D eigenvalue weighted by atomic mass is 16.2. The van der Waals surface area contributed by atoms with E-state index in [4.69, 9.17) is 0 Å². The molecule has 0 saturated carbocycles. The van der Waals surface area contributed by atoms with Gasteiger partial charge in [0.2, 0.25) is 5.78 Å². The molecule has 0 aliphatic carbocycles. The fourth-order valence-corrected chi connectivity index (χ4v) is 1.61. The van der Waals surface area contributed by atoms with Crippen molar-refractivity contribution in [1.29, 1.82) is 0 Å². The van der Waals surface area contributed by atoms with E-state index in [1.807, 2.05) is 27.7 Å². The molecular formula is C13H17NO2. The first-order valence-electron chi connectivity index (χ1n) is 5.24. The second-order valence-corrected chi connectivity index (χ2v) is 4.15. The number of carbonyl (C=O) groups is 2. The third-order valence-corrected chi connectivity index (χ3v) is 2.92. The predicted molar refractivity (Wildman–Crippen MR) is 64.7 cm³/mol. The first kappa shape index (κ1) is 12.4. The van der Waals surface area contributed by atoms with Crippen molar-refractivity contribution in [3.8, 4) is 0 Å². The summed E-state index contributed by atoms with van der Waals surface area (Å²) in [5.74, 6) is -1.03. The first-order chi connectivity index (χ1) is 7.34. The van der Waals surface area contributed by atoms with Gasteiger partial charge in [-0.05, 0) is 49.9 Å². The van der Waals surface area contributed by atoms with Crippen LogP contribution in [0.15, 0.2) is 6.07 Å². The maximum absolute atomic E-state index is 11.4. The monoisotopic (exact) mass is 219 g/mol. The highest BCUT2D eigenvalue weighted by Crippen LogP contribution is 2.26. The van der Waals surface area contributed by atoms with Crippen LogP contribution in [0.25, 0.3) is 0 Å². The van der Waals surface area contributed by atoms with Gasteiger partial charge in [0, 0.05) is 12.6 Å². The Hall–Kier alpha value is -1.64. The molecule has 86 valence electrons. The third kappa shape index (κ3) is 2.30. The van der Waals surface area contributed by atoms with Crippen LogP contribution in [-0.4, -0.2) is 11.7 Å². The van der Waals surface area contributed by atoms with Gasteiger partial charge in [0.15, 0.2) is 0 Å². The van der Waals surface area contributed by atoms with Crippen LogP contribution < -0.4 is 5.32 Å². The number of Topliss-reactive ketones (excluding diaryl/α,β-unsaturated/α-hetero) is 1. The van der Waals surface area contributed by atoms with Crippen molar-refractivity contribution < 1.29 is 9.59 Å². The molecule has 0 spiro atoms. The number of aryl methyl sites for hydroxylation is 2. The number of anilines is 1. The largest absolute Gasteiger partial charge is 0.319 e. The van der Waals surface area contributed by atoms with E-state index in [-0.39, 0.29) is 0 Å². The maximum atomic E-state index is 11.4. The quantitative estimate of drug-likeness (QED) is 0.776. The Kier molecular flexibility index (Phi) is 3.48. The SMILES string of the molecule is CC(=O)C(=O)Nc1c(C)c(C)cc(C)c1C. The van der Waals surface area contributed by atoms with Gasteiger partial charge in [0.1, 0.15) is 0 Å². The maximum Gasteiger partial charge on any atom is 0.291 e. The van der Waals surface area contributed by atoms with Gasteiger partial charge in [-0.15, -0.1) is 0 Å². The molecule has 16 heavy (non-hydrogen) atoms. The van der Waals surface area contributed by atoms with Crippen LogP contribution in [0.3, 0.4) is 0 Å². The number of ketones is 1. The standard InChI is InChI=1S/C13H17NO2/c1-7-6-8(2)10(4)12(9(7)3)14-13(16)11(5)15/h6H,1-5H3,(H,14,16). The number of amides is 1. The predicted octanol–water partition coefficient (Wildman–Crippen LogP) is 2.45. The lowest BCUT2D eigenvalue weighted by atomic mass is 9.98. The van der Waals surface area contributed by atoms with Gasteiger partial charge in [0.25, 0.3) is 5.91 Å². The van der Waals surface area contributed by atoms with Crippen LogP contribution in [0, 0.1) is 27.7 Å². The van der Waals surface area contributed by atoms with Gasteiger partial charge < -0.3 is 5.32 Å². The zero-order valence-corrected chi connectivity index (χ0v) is 10.4. The zero-order chi connectivity index (χ0) is 12.5. The summed E-state index contributed by atoms with van der Waals surface area (Å²) < 4.78 is 0. The minimum Gasteiger partial charge on any atom is -0.319 e. The fourth-order valence-electron chi connectivity index (χ4n) is 1.61. The molecule has 0 saturated heterocycles. The van der Waals surface area contributed by atoms with Crippen LogP contribution in [0.5, 0.6) is 0 Å². The Morgan fingerprint density at radius 1 is 1.00 bits per heavy atom. The molecule has 0 unspecified atom stereocenters. The Labute approximate surface area is 95.9 Å². The average molecular weight is 219 g/mol. The Balaban J connectivity index is 3.22. The summed E-state index contributed by atoms with van der Waals surface area (Å²) in [6.07, 6.45) is 0. The van der Waals surface area contributed by atoms with Crippen LogP contribution >= 0.6 is 0 Å². The van der Waals surface area contributed by atoms with Gasteiger partial charge >= 0.3 is 0 Å². The van der Waals surface area contributed by atoms with Crippen molar-refractivity contribution in [2.75, 3.05) is 5.32 Å². The Bertz CT molecular complexity index is 435. The number of carbonyl (C=O) groups excluding carboxylic acids is 2. The number of hydrogen-bond acceptors (Lipinski definition) is 2. The fraction of sp³-hybridized carbons (Fsp3) is 0.385. The molecule has 0 aliphatic rings. The molecule has 1 rings (SSSR count). The second kappa shape index (κ2) is 4.47. The van der Waals surface area contributed by atoms with Crippen molar-refractivity contribution in [2.45, 2.75) is 34.6 Å². The van der Waals surface area contributed by atoms with E-state index >= 15 is 0 Å². The molecule has 1 aromatic carbocycles. The van der Waals surface area contributed by atoms with E-state index in [0.717, 1.165) is 27.9 Å². The highest BCUT2D eigenvalue weighted by Gasteiger charge is 2.13. The Morgan fingerprint density at radius 2 is 1.44 bits per heavy atom. The van der Waals surface area contributed by atoms with Crippen molar-refractivity contribution >= 4 is 17.4 Å². The molecule has 0 aromatic heterocycles.